The van der Waals surface area contributed by atoms with E-state index < -0.39 is 0 Å². The number of hydrogen-bond donors (Lipinski definition) is 1. The summed E-state index contributed by atoms with van der Waals surface area (Å²) in [6, 6.07) is 2.35. The molecule has 1 amide bonds. The second kappa shape index (κ2) is 6.39. The van der Waals surface area contributed by atoms with E-state index in [1.165, 1.54) is 6.42 Å². The molecule has 2 heterocycles. The van der Waals surface area contributed by atoms with Crippen molar-refractivity contribution in [3.63, 3.8) is 0 Å². The summed E-state index contributed by atoms with van der Waals surface area (Å²) in [6.45, 7) is 4.16. The van der Waals surface area contributed by atoms with Crippen LogP contribution in [0.4, 0.5) is 0 Å². The van der Waals surface area contributed by atoms with Gasteiger partial charge >= 0.3 is 0 Å². The molecule has 1 aromatic rings. The molecule has 0 spiro atoms. The third-order valence-electron chi connectivity index (χ3n) is 4.61. The van der Waals surface area contributed by atoms with Crippen molar-refractivity contribution in [2.24, 2.45) is 5.92 Å². The van der Waals surface area contributed by atoms with Crippen LogP contribution < -0.4 is 5.32 Å². The van der Waals surface area contributed by atoms with Gasteiger partial charge in [-0.1, -0.05) is 6.42 Å². The van der Waals surface area contributed by atoms with Crippen molar-refractivity contribution in [1.29, 1.82) is 0 Å². The third-order valence-corrected chi connectivity index (χ3v) is 4.61. The summed E-state index contributed by atoms with van der Waals surface area (Å²) >= 11 is 0. The van der Waals surface area contributed by atoms with Crippen LogP contribution in [0.25, 0.3) is 0 Å². The van der Waals surface area contributed by atoms with Crippen LogP contribution >= 0.6 is 0 Å². The fraction of sp³-hybridized carbons (Fsp3) is 0.733. The molecule has 0 radical (unpaired) electrons. The highest BCUT2D eigenvalue weighted by Gasteiger charge is 2.28. The Balaban J connectivity index is 1.35. The number of aromatic nitrogens is 2. The smallest absolute Gasteiger partial charge is 0.223 e. The fourth-order valence-electron chi connectivity index (χ4n) is 2.97. The molecule has 20 heavy (non-hydrogen) atoms. The minimum absolute atomic E-state index is 0.297. The number of piperidine rings is 1. The van der Waals surface area contributed by atoms with E-state index in [4.69, 9.17) is 0 Å². The Bertz CT molecular complexity index is 419. The lowest BCUT2D eigenvalue weighted by atomic mass is 9.84. The van der Waals surface area contributed by atoms with Crippen LogP contribution in [0.5, 0.6) is 0 Å². The number of rotatable bonds is 5. The number of nitrogens with one attached hydrogen (secondary N) is 1. The van der Waals surface area contributed by atoms with Crippen molar-refractivity contribution < 1.29 is 4.79 Å². The van der Waals surface area contributed by atoms with Crippen LogP contribution in [-0.2, 0) is 11.3 Å². The monoisotopic (exact) mass is 276 g/mol. The van der Waals surface area contributed by atoms with Crippen LogP contribution in [0.3, 0.4) is 0 Å². The summed E-state index contributed by atoms with van der Waals surface area (Å²) in [5.74, 6) is 0.610. The predicted molar refractivity (Wildman–Crippen MR) is 77.2 cm³/mol. The van der Waals surface area contributed by atoms with Gasteiger partial charge in [-0.25, -0.2) is 0 Å². The maximum absolute atomic E-state index is 11.9. The molecular formula is C15H24N4O. The molecule has 0 atom stereocenters. The molecule has 0 aromatic carbocycles. The zero-order valence-corrected chi connectivity index (χ0v) is 12.0. The van der Waals surface area contributed by atoms with Gasteiger partial charge < -0.3 is 10.2 Å². The Kier molecular flexibility index (Phi) is 4.35. The van der Waals surface area contributed by atoms with Gasteiger partial charge in [0, 0.05) is 44.0 Å². The summed E-state index contributed by atoms with van der Waals surface area (Å²) < 4.78 is 1.98. The maximum Gasteiger partial charge on any atom is 0.223 e. The van der Waals surface area contributed by atoms with Crippen molar-refractivity contribution in [3.8, 4) is 0 Å². The Morgan fingerprint density at radius 3 is 2.60 bits per heavy atom. The number of likely N-dealkylation sites (tertiary alicyclic amines) is 1. The number of carbonyl (C=O) groups excluding carboxylic acids is 1. The normalized spacial score (nSPS) is 21.6. The van der Waals surface area contributed by atoms with Crippen LogP contribution in [0.1, 0.15) is 32.1 Å². The Labute approximate surface area is 120 Å². The zero-order valence-electron chi connectivity index (χ0n) is 12.0. The first-order valence-corrected chi connectivity index (χ1v) is 7.81. The lowest BCUT2D eigenvalue weighted by Crippen LogP contribution is -2.47. The Morgan fingerprint density at radius 2 is 2.00 bits per heavy atom. The summed E-state index contributed by atoms with van der Waals surface area (Å²) in [5, 5.41) is 7.45. The van der Waals surface area contributed by atoms with Crippen molar-refractivity contribution in [2.45, 2.75) is 44.7 Å². The quantitative estimate of drug-likeness (QED) is 0.881. The zero-order chi connectivity index (χ0) is 13.8. The molecule has 2 aliphatic rings. The van der Waals surface area contributed by atoms with Crippen molar-refractivity contribution >= 4 is 5.91 Å². The molecule has 0 unspecified atom stereocenters. The van der Waals surface area contributed by atoms with E-state index in [0.29, 0.717) is 17.9 Å². The van der Waals surface area contributed by atoms with E-state index in [1.54, 1.807) is 0 Å². The first-order valence-electron chi connectivity index (χ1n) is 7.81. The SMILES string of the molecule is O=C(NC1CCN(CCn2cccn2)CC1)C1CCC1. The second-order valence-corrected chi connectivity index (χ2v) is 6.02. The highest BCUT2D eigenvalue weighted by molar-refractivity contribution is 5.79. The van der Waals surface area contributed by atoms with E-state index in [2.05, 4.69) is 15.3 Å². The van der Waals surface area contributed by atoms with Gasteiger partial charge in [0.25, 0.3) is 0 Å². The maximum atomic E-state index is 11.9. The average Bonchev–Trinajstić information content (AvgIpc) is 2.89. The minimum atomic E-state index is 0.297. The predicted octanol–water partition coefficient (Wildman–Crippen LogP) is 1.26. The second-order valence-electron chi connectivity index (χ2n) is 6.02. The fourth-order valence-corrected chi connectivity index (χ4v) is 2.97. The topological polar surface area (TPSA) is 50.2 Å². The molecular weight excluding hydrogens is 252 g/mol. The van der Waals surface area contributed by atoms with E-state index in [-0.39, 0.29) is 0 Å². The van der Waals surface area contributed by atoms with Gasteiger partial charge in [0.15, 0.2) is 0 Å². The van der Waals surface area contributed by atoms with Gasteiger partial charge in [-0.2, -0.15) is 5.10 Å². The molecule has 1 saturated carbocycles. The summed E-state index contributed by atoms with van der Waals surface area (Å²) in [6.07, 6.45) is 9.40. The van der Waals surface area contributed by atoms with E-state index in [0.717, 1.165) is 51.9 Å². The van der Waals surface area contributed by atoms with Crippen LogP contribution in [0, 0.1) is 5.92 Å². The number of carbonyl (C=O) groups is 1. The van der Waals surface area contributed by atoms with E-state index in [1.807, 2.05) is 23.1 Å². The van der Waals surface area contributed by atoms with Gasteiger partial charge in [0.1, 0.15) is 0 Å². The van der Waals surface area contributed by atoms with Crippen molar-refractivity contribution in [3.05, 3.63) is 18.5 Å². The number of nitrogens with zero attached hydrogens (tertiary/aromatic N) is 3. The lowest BCUT2D eigenvalue weighted by molar-refractivity contribution is -0.128. The molecule has 1 aliphatic heterocycles. The molecule has 1 N–H and O–H groups in total. The van der Waals surface area contributed by atoms with Crippen LogP contribution in [-0.4, -0.2) is 46.3 Å². The van der Waals surface area contributed by atoms with Crippen LogP contribution in [0.2, 0.25) is 0 Å². The van der Waals surface area contributed by atoms with Crippen molar-refractivity contribution in [2.75, 3.05) is 19.6 Å². The third kappa shape index (κ3) is 3.39. The van der Waals surface area contributed by atoms with E-state index in [9.17, 15) is 4.79 Å². The van der Waals surface area contributed by atoms with Gasteiger partial charge in [-0.3, -0.25) is 9.48 Å². The minimum Gasteiger partial charge on any atom is -0.353 e. The molecule has 5 nitrogen and oxygen atoms in total. The first-order chi connectivity index (χ1) is 9.81. The summed E-state index contributed by atoms with van der Waals surface area (Å²) in [7, 11) is 0. The number of amides is 1. The van der Waals surface area contributed by atoms with Gasteiger partial charge in [-0.15, -0.1) is 0 Å². The molecule has 1 aliphatic carbocycles. The van der Waals surface area contributed by atoms with Crippen LogP contribution in [0.15, 0.2) is 18.5 Å². The molecule has 1 saturated heterocycles. The molecule has 2 fully saturated rings. The highest BCUT2D eigenvalue weighted by atomic mass is 16.2. The summed E-state index contributed by atoms with van der Waals surface area (Å²) in [4.78, 5) is 14.4. The highest BCUT2D eigenvalue weighted by Crippen LogP contribution is 2.26. The Hall–Kier alpha value is -1.36. The first kappa shape index (κ1) is 13.6. The van der Waals surface area contributed by atoms with Gasteiger partial charge in [-0.05, 0) is 31.7 Å². The molecule has 5 heteroatoms. The Morgan fingerprint density at radius 1 is 1.20 bits per heavy atom. The van der Waals surface area contributed by atoms with Gasteiger partial charge in [0.2, 0.25) is 5.91 Å². The molecule has 3 rings (SSSR count). The summed E-state index contributed by atoms with van der Waals surface area (Å²) in [5.41, 5.74) is 0. The standard InChI is InChI=1S/C15H24N4O/c20-15(13-3-1-4-13)17-14-5-9-18(10-6-14)11-12-19-8-2-7-16-19/h2,7-8,13-14H,1,3-6,9-12H2,(H,17,20). The molecule has 110 valence electrons. The van der Waals surface area contributed by atoms with E-state index >= 15 is 0 Å². The lowest BCUT2D eigenvalue weighted by Gasteiger charge is -2.34. The molecule has 0 bridgehead atoms. The average molecular weight is 276 g/mol. The van der Waals surface area contributed by atoms with Gasteiger partial charge in [0.05, 0.1) is 6.54 Å². The number of hydrogen-bond acceptors (Lipinski definition) is 3. The van der Waals surface area contributed by atoms with Crippen molar-refractivity contribution in [1.82, 2.24) is 20.0 Å². The molecule has 1 aromatic heterocycles. The largest absolute Gasteiger partial charge is 0.353 e.